The van der Waals surface area contributed by atoms with Crippen LogP contribution >= 0.6 is 0 Å². The normalized spacial score (nSPS) is 16.7. The number of carbonyl (C=O) groups is 3. The molecule has 8 nitrogen and oxygen atoms in total. The Kier molecular flexibility index (Phi) is 6.68. The number of benzene rings is 2. The van der Waals surface area contributed by atoms with E-state index in [9.17, 15) is 14.4 Å². The summed E-state index contributed by atoms with van der Waals surface area (Å²) in [7, 11) is 3.36. The van der Waals surface area contributed by atoms with E-state index >= 15 is 0 Å². The van der Waals surface area contributed by atoms with Gasteiger partial charge in [-0.05, 0) is 31.2 Å². The lowest BCUT2D eigenvalue weighted by Crippen LogP contribution is -3.11. The van der Waals surface area contributed by atoms with E-state index in [-0.39, 0.29) is 43.3 Å². The van der Waals surface area contributed by atoms with Crippen molar-refractivity contribution >= 4 is 34.8 Å². The summed E-state index contributed by atoms with van der Waals surface area (Å²) < 4.78 is 5.16. The van der Waals surface area contributed by atoms with Gasteiger partial charge in [-0.3, -0.25) is 14.4 Å². The van der Waals surface area contributed by atoms with Gasteiger partial charge in [-0.15, -0.1) is 0 Å². The van der Waals surface area contributed by atoms with E-state index in [0.29, 0.717) is 22.8 Å². The molecule has 3 amide bonds. The van der Waals surface area contributed by atoms with Crippen molar-refractivity contribution in [1.29, 1.82) is 0 Å². The van der Waals surface area contributed by atoms with E-state index in [1.54, 1.807) is 49.4 Å². The standard InChI is InChI=1S/C22H26N4O4/c1-15-11-20(27)24-18-9-4-5-10-19(18)26(15)22(29)14-25(2)13-21(28)23-16-7-6-8-17(12-16)30-3/h4-10,12,15H,11,13-14H2,1-3H3,(H,23,28)(H,24,27)/p+1/t15-/m0/s1. The van der Waals surface area contributed by atoms with Crippen LogP contribution in [0.15, 0.2) is 48.5 Å². The minimum Gasteiger partial charge on any atom is -0.497 e. The summed E-state index contributed by atoms with van der Waals surface area (Å²) >= 11 is 0. The van der Waals surface area contributed by atoms with Crippen LogP contribution < -0.4 is 25.2 Å². The van der Waals surface area contributed by atoms with Gasteiger partial charge in [0, 0.05) is 24.2 Å². The Morgan fingerprint density at radius 1 is 1.20 bits per heavy atom. The van der Waals surface area contributed by atoms with Crippen LogP contribution in [0.3, 0.4) is 0 Å². The molecule has 0 saturated carbocycles. The summed E-state index contributed by atoms with van der Waals surface area (Å²) in [6, 6.07) is 14.1. The third-order valence-electron chi connectivity index (χ3n) is 4.90. The average molecular weight is 411 g/mol. The third kappa shape index (κ3) is 5.15. The van der Waals surface area contributed by atoms with Crippen LogP contribution in [0.2, 0.25) is 0 Å². The molecule has 0 fully saturated rings. The zero-order valence-electron chi connectivity index (χ0n) is 17.4. The largest absolute Gasteiger partial charge is 0.497 e. The number of hydrogen-bond donors (Lipinski definition) is 3. The molecule has 0 aromatic heterocycles. The van der Waals surface area contributed by atoms with Crippen LogP contribution in [0.5, 0.6) is 5.75 Å². The van der Waals surface area contributed by atoms with Gasteiger partial charge in [-0.1, -0.05) is 18.2 Å². The molecule has 8 heteroatoms. The lowest BCUT2D eigenvalue weighted by molar-refractivity contribution is -0.862. The molecule has 0 radical (unpaired) electrons. The monoisotopic (exact) mass is 411 g/mol. The summed E-state index contributed by atoms with van der Waals surface area (Å²) in [5.41, 5.74) is 1.93. The fourth-order valence-corrected chi connectivity index (χ4v) is 3.55. The second kappa shape index (κ2) is 9.41. The first-order valence-electron chi connectivity index (χ1n) is 9.83. The Labute approximate surface area is 175 Å². The number of hydrogen-bond acceptors (Lipinski definition) is 4. The molecule has 2 aromatic carbocycles. The maximum absolute atomic E-state index is 13.1. The quantitative estimate of drug-likeness (QED) is 0.659. The number of para-hydroxylation sites is 2. The highest BCUT2D eigenvalue weighted by atomic mass is 16.5. The molecular formula is C22H27N4O4+. The molecule has 3 N–H and O–H groups in total. The average Bonchev–Trinajstić information content (AvgIpc) is 2.81. The molecule has 30 heavy (non-hydrogen) atoms. The van der Waals surface area contributed by atoms with Gasteiger partial charge in [0.15, 0.2) is 13.1 Å². The number of ether oxygens (including phenoxy) is 1. The molecule has 1 unspecified atom stereocenters. The second-order valence-electron chi connectivity index (χ2n) is 7.47. The molecule has 1 aliphatic heterocycles. The molecule has 0 aliphatic carbocycles. The minimum absolute atomic E-state index is 0.122. The topological polar surface area (TPSA) is 92.2 Å². The van der Waals surface area contributed by atoms with E-state index in [1.807, 2.05) is 25.1 Å². The molecule has 0 bridgehead atoms. The first-order chi connectivity index (χ1) is 14.4. The van der Waals surface area contributed by atoms with Gasteiger partial charge in [-0.25, -0.2) is 0 Å². The van der Waals surface area contributed by atoms with E-state index in [1.165, 1.54) is 0 Å². The second-order valence-corrected chi connectivity index (χ2v) is 7.47. The number of anilines is 3. The lowest BCUT2D eigenvalue weighted by Gasteiger charge is -2.28. The van der Waals surface area contributed by atoms with Crippen LogP contribution in [0.1, 0.15) is 13.3 Å². The molecular weight excluding hydrogens is 384 g/mol. The van der Waals surface area contributed by atoms with Crippen molar-refractivity contribution in [1.82, 2.24) is 0 Å². The van der Waals surface area contributed by atoms with Crippen molar-refractivity contribution in [3.05, 3.63) is 48.5 Å². The number of amides is 3. The van der Waals surface area contributed by atoms with Gasteiger partial charge in [0.2, 0.25) is 5.91 Å². The van der Waals surface area contributed by atoms with Gasteiger partial charge in [0.1, 0.15) is 5.75 Å². The fourth-order valence-electron chi connectivity index (χ4n) is 3.55. The number of fused-ring (bicyclic) bond motifs is 1. The first kappa shape index (κ1) is 21.3. The third-order valence-corrected chi connectivity index (χ3v) is 4.90. The smallest absolute Gasteiger partial charge is 0.282 e. The van der Waals surface area contributed by atoms with Crippen LogP contribution in [0.4, 0.5) is 17.1 Å². The Morgan fingerprint density at radius 2 is 1.97 bits per heavy atom. The molecule has 1 heterocycles. The summed E-state index contributed by atoms with van der Waals surface area (Å²) in [4.78, 5) is 40.0. The van der Waals surface area contributed by atoms with Gasteiger partial charge in [0.05, 0.1) is 25.5 Å². The molecule has 2 atom stereocenters. The van der Waals surface area contributed by atoms with E-state index in [2.05, 4.69) is 10.6 Å². The molecule has 0 saturated heterocycles. The van der Waals surface area contributed by atoms with Crippen molar-refractivity contribution in [3.63, 3.8) is 0 Å². The number of nitrogens with zero attached hydrogens (tertiary/aromatic N) is 1. The van der Waals surface area contributed by atoms with Gasteiger partial charge in [0.25, 0.3) is 11.8 Å². The van der Waals surface area contributed by atoms with Crippen LogP contribution in [-0.4, -0.2) is 51.0 Å². The number of carbonyl (C=O) groups excluding carboxylic acids is 3. The number of rotatable bonds is 6. The Hall–Kier alpha value is -3.39. The molecule has 2 aromatic rings. The Bertz CT molecular complexity index is 946. The van der Waals surface area contributed by atoms with E-state index < -0.39 is 0 Å². The highest BCUT2D eigenvalue weighted by Crippen LogP contribution is 2.31. The highest BCUT2D eigenvalue weighted by molar-refractivity contribution is 6.04. The maximum Gasteiger partial charge on any atom is 0.282 e. The first-order valence-corrected chi connectivity index (χ1v) is 9.83. The summed E-state index contributed by atoms with van der Waals surface area (Å²) in [6.07, 6.45) is 0.218. The number of methoxy groups -OCH3 is 1. The predicted molar refractivity (Wildman–Crippen MR) is 115 cm³/mol. The Morgan fingerprint density at radius 3 is 2.73 bits per heavy atom. The van der Waals surface area contributed by atoms with Crippen molar-refractivity contribution < 1.29 is 24.0 Å². The predicted octanol–water partition coefficient (Wildman–Crippen LogP) is 0.912. The molecule has 0 spiro atoms. The highest BCUT2D eigenvalue weighted by Gasteiger charge is 2.31. The van der Waals surface area contributed by atoms with Crippen LogP contribution in [-0.2, 0) is 14.4 Å². The summed E-state index contributed by atoms with van der Waals surface area (Å²) in [6.45, 7) is 2.10. The molecule has 1 aliphatic rings. The summed E-state index contributed by atoms with van der Waals surface area (Å²) in [5, 5.41) is 5.67. The zero-order valence-corrected chi connectivity index (χ0v) is 17.4. The van der Waals surface area contributed by atoms with Crippen molar-refractivity contribution in [2.24, 2.45) is 0 Å². The van der Waals surface area contributed by atoms with Crippen LogP contribution in [0.25, 0.3) is 0 Å². The van der Waals surface area contributed by atoms with Gasteiger partial charge >= 0.3 is 0 Å². The molecule has 158 valence electrons. The number of likely N-dealkylation sites (N-methyl/N-ethyl adjacent to an activating group) is 1. The molecule has 3 rings (SSSR count). The number of nitrogens with one attached hydrogen (secondary N) is 3. The van der Waals surface area contributed by atoms with Crippen molar-refractivity contribution in [2.75, 3.05) is 42.8 Å². The van der Waals surface area contributed by atoms with Crippen molar-refractivity contribution in [3.8, 4) is 5.75 Å². The number of quaternary nitrogens is 1. The zero-order chi connectivity index (χ0) is 21.7. The summed E-state index contributed by atoms with van der Waals surface area (Å²) in [5.74, 6) is 0.192. The lowest BCUT2D eigenvalue weighted by atomic mass is 10.1. The Balaban J connectivity index is 1.64. The minimum atomic E-state index is -0.278. The SMILES string of the molecule is COc1cccc(NC(=O)C[NH+](C)CC(=O)N2c3ccccc3NC(=O)C[C@@H]2C)c1. The van der Waals surface area contributed by atoms with E-state index in [0.717, 1.165) is 4.90 Å². The van der Waals surface area contributed by atoms with Crippen LogP contribution in [0, 0.1) is 0 Å². The van der Waals surface area contributed by atoms with Crippen molar-refractivity contribution in [2.45, 2.75) is 19.4 Å². The van der Waals surface area contributed by atoms with Gasteiger partial charge in [-0.2, -0.15) is 0 Å². The fraction of sp³-hybridized carbons (Fsp3) is 0.318. The van der Waals surface area contributed by atoms with E-state index in [4.69, 9.17) is 4.74 Å². The van der Waals surface area contributed by atoms with Gasteiger partial charge < -0.3 is 25.2 Å². The maximum atomic E-state index is 13.1.